The largest absolute Gasteiger partial charge is 0.487 e. The van der Waals surface area contributed by atoms with Crippen molar-refractivity contribution in [3.8, 4) is 11.8 Å². The van der Waals surface area contributed by atoms with Gasteiger partial charge in [0.1, 0.15) is 17.9 Å². The zero-order valence-corrected chi connectivity index (χ0v) is 22.1. The number of urea groups is 1. The van der Waals surface area contributed by atoms with Gasteiger partial charge >= 0.3 is 6.03 Å². The van der Waals surface area contributed by atoms with E-state index in [0.717, 1.165) is 16.6 Å². The molecule has 0 radical (unpaired) electrons. The summed E-state index contributed by atoms with van der Waals surface area (Å²) in [6, 6.07) is 20.7. The number of halogens is 2. The predicted molar refractivity (Wildman–Crippen MR) is 149 cm³/mol. The molecule has 8 nitrogen and oxygen atoms in total. The second-order valence-corrected chi connectivity index (χ2v) is 9.17. The summed E-state index contributed by atoms with van der Waals surface area (Å²) in [7, 11) is 1.55. The number of nitrogens with one attached hydrogen (secondary N) is 2. The van der Waals surface area contributed by atoms with Gasteiger partial charge in [0.05, 0.1) is 28.9 Å². The number of benzene rings is 3. The van der Waals surface area contributed by atoms with Crippen LogP contribution in [0, 0.1) is 18.3 Å². The zero-order valence-electron chi connectivity index (χ0n) is 20.6. The van der Waals surface area contributed by atoms with Crippen LogP contribution in [-0.4, -0.2) is 30.5 Å². The fourth-order valence-electron chi connectivity index (χ4n) is 3.71. The molecule has 0 unspecified atom stereocenters. The van der Waals surface area contributed by atoms with E-state index in [-0.39, 0.29) is 18.2 Å². The number of carbonyl (C=O) groups is 2. The molecular weight excluding hydrogens is 525 g/mol. The van der Waals surface area contributed by atoms with Gasteiger partial charge in [0.25, 0.3) is 0 Å². The third-order valence-corrected chi connectivity index (χ3v) is 6.52. The number of nitriles is 1. The van der Waals surface area contributed by atoms with E-state index in [1.165, 1.54) is 11.0 Å². The van der Waals surface area contributed by atoms with E-state index >= 15 is 0 Å². The van der Waals surface area contributed by atoms with Gasteiger partial charge in [-0.25, -0.2) is 9.78 Å². The molecule has 1 heterocycles. The van der Waals surface area contributed by atoms with E-state index in [4.69, 9.17) is 33.2 Å². The van der Waals surface area contributed by atoms with Crippen molar-refractivity contribution in [2.45, 2.75) is 13.5 Å². The molecule has 0 aliphatic heterocycles. The molecule has 4 aromatic rings. The average Bonchev–Trinajstić information content (AvgIpc) is 2.91. The molecule has 0 aliphatic carbocycles. The topological polar surface area (TPSA) is 107 Å². The van der Waals surface area contributed by atoms with Crippen LogP contribution in [0.3, 0.4) is 0 Å². The smallest absolute Gasteiger partial charge is 0.319 e. The second-order valence-electron chi connectivity index (χ2n) is 8.38. The molecule has 0 saturated heterocycles. The number of fused-ring (bicyclic) bond motifs is 1. The normalized spacial score (nSPS) is 10.5. The molecule has 3 amide bonds. The molecule has 3 aromatic carbocycles. The van der Waals surface area contributed by atoms with Crippen molar-refractivity contribution in [1.82, 2.24) is 10.3 Å². The fraction of sp³-hybridized carbons (Fsp3) is 0.143. The first-order chi connectivity index (χ1) is 18.3. The summed E-state index contributed by atoms with van der Waals surface area (Å²) >= 11 is 13.1. The standard InChI is InChI=1S/C28H23Cl2N5O3/c1-17-9-10-19-6-4-8-24(27(19)33-17)38-16-21-22(29)11-12-23(26(21)30)35(2)25(36)15-32-28(37)34-20-7-3-5-18(13-20)14-31/h3-13H,15-16H2,1-2H3,(H2,32,34,37). The molecule has 4 rings (SSSR count). The molecule has 38 heavy (non-hydrogen) atoms. The molecule has 0 saturated carbocycles. The van der Waals surface area contributed by atoms with E-state index in [2.05, 4.69) is 15.6 Å². The number of rotatable bonds is 7. The summed E-state index contributed by atoms with van der Waals surface area (Å²) in [6.07, 6.45) is 0. The van der Waals surface area contributed by atoms with Crippen LogP contribution in [0.25, 0.3) is 10.9 Å². The van der Waals surface area contributed by atoms with Crippen molar-refractivity contribution in [2.24, 2.45) is 0 Å². The third-order valence-electron chi connectivity index (χ3n) is 5.75. The number of para-hydroxylation sites is 1. The lowest BCUT2D eigenvalue weighted by Crippen LogP contribution is -2.40. The van der Waals surface area contributed by atoms with Gasteiger partial charge in [-0.1, -0.05) is 47.5 Å². The summed E-state index contributed by atoms with van der Waals surface area (Å²) in [4.78, 5) is 31.0. The molecule has 1 aromatic heterocycles. The van der Waals surface area contributed by atoms with Gasteiger partial charge in [-0.3, -0.25) is 4.79 Å². The third kappa shape index (κ3) is 6.14. The van der Waals surface area contributed by atoms with E-state index in [0.29, 0.717) is 33.3 Å². The number of ether oxygens (including phenoxy) is 1. The maximum atomic E-state index is 12.8. The van der Waals surface area contributed by atoms with Crippen molar-refractivity contribution in [2.75, 3.05) is 23.8 Å². The van der Waals surface area contributed by atoms with Gasteiger partial charge in [0.2, 0.25) is 5.91 Å². The van der Waals surface area contributed by atoms with Gasteiger partial charge in [0, 0.05) is 34.4 Å². The second kappa shape index (κ2) is 11.8. The van der Waals surface area contributed by atoms with Crippen LogP contribution in [-0.2, 0) is 11.4 Å². The number of aryl methyl sites for hydroxylation is 1. The number of amides is 3. The van der Waals surface area contributed by atoms with E-state index < -0.39 is 11.9 Å². The predicted octanol–water partition coefficient (Wildman–Crippen LogP) is 6.09. The molecule has 0 fully saturated rings. The molecular formula is C28H23Cl2N5O3. The monoisotopic (exact) mass is 547 g/mol. The number of anilines is 2. The van der Waals surface area contributed by atoms with E-state index in [9.17, 15) is 9.59 Å². The highest BCUT2D eigenvalue weighted by Crippen LogP contribution is 2.35. The lowest BCUT2D eigenvalue weighted by atomic mass is 10.1. The van der Waals surface area contributed by atoms with Crippen molar-refractivity contribution in [3.05, 3.63) is 93.6 Å². The Bertz CT molecular complexity index is 1570. The first-order valence-electron chi connectivity index (χ1n) is 11.5. The van der Waals surface area contributed by atoms with Gasteiger partial charge in [-0.15, -0.1) is 0 Å². The van der Waals surface area contributed by atoms with Crippen molar-refractivity contribution >= 4 is 57.4 Å². The number of hydrogen-bond acceptors (Lipinski definition) is 5. The van der Waals surface area contributed by atoms with Gasteiger partial charge < -0.3 is 20.3 Å². The Labute approximate surface area is 229 Å². The maximum absolute atomic E-state index is 12.8. The number of likely N-dealkylation sites (N-methyl/N-ethyl adjacent to an activating group) is 1. The zero-order chi connectivity index (χ0) is 27.2. The lowest BCUT2D eigenvalue weighted by Gasteiger charge is -2.21. The highest BCUT2D eigenvalue weighted by Gasteiger charge is 2.19. The summed E-state index contributed by atoms with van der Waals surface area (Å²) in [5.74, 6) is 0.180. The maximum Gasteiger partial charge on any atom is 0.319 e. The Hall–Kier alpha value is -4.32. The molecule has 192 valence electrons. The number of pyridine rings is 1. The van der Waals surface area contributed by atoms with Crippen LogP contribution in [0.5, 0.6) is 5.75 Å². The first kappa shape index (κ1) is 26.7. The minimum Gasteiger partial charge on any atom is -0.487 e. The molecule has 2 N–H and O–H groups in total. The fourth-order valence-corrected chi connectivity index (χ4v) is 4.32. The van der Waals surface area contributed by atoms with Crippen LogP contribution in [0.15, 0.2) is 66.7 Å². The first-order valence-corrected chi connectivity index (χ1v) is 12.3. The van der Waals surface area contributed by atoms with Gasteiger partial charge in [-0.05, 0) is 49.4 Å². The summed E-state index contributed by atoms with van der Waals surface area (Å²) < 4.78 is 6.05. The minimum absolute atomic E-state index is 0.0602. The number of hydrogen-bond donors (Lipinski definition) is 2. The number of nitrogens with zero attached hydrogens (tertiary/aromatic N) is 3. The Balaban J connectivity index is 1.43. The Morgan fingerprint density at radius 2 is 1.87 bits per heavy atom. The molecule has 10 heteroatoms. The van der Waals surface area contributed by atoms with Crippen LogP contribution in [0.1, 0.15) is 16.8 Å². The summed E-state index contributed by atoms with van der Waals surface area (Å²) in [5.41, 5.74) is 3.36. The van der Waals surface area contributed by atoms with Gasteiger partial charge in [0.15, 0.2) is 0 Å². The minimum atomic E-state index is -0.586. The lowest BCUT2D eigenvalue weighted by molar-refractivity contribution is -0.117. The molecule has 0 spiro atoms. The van der Waals surface area contributed by atoms with Crippen LogP contribution in [0.4, 0.5) is 16.2 Å². The van der Waals surface area contributed by atoms with Crippen LogP contribution >= 0.6 is 23.2 Å². The average molecular weight is 548 g/mol. The molecule has 0 bridgehead atoms. The van der Waals surface area contributed by atoms with E-state index in [1.807, 2.05) is 43.3 Å². The van der Waals surface area contributed by atoms with Crippen molar-refractivity contribution in [1.29, 1.82) is 5.26 Å². The Kier molecular flexibility index (Phi) is 8.31. The highest BCUT2D eigenvalue weighted by atomic mass is 35.5. The SMILES string of the molecule is Cc1ccc2cccc(OCc3c(Cl)ccc(N(C)C(=O)CNC(=O)Nc4cccc(C#N)c4)c3Cl)c2n1. The Morgan fingerprint density at radius 3 is 2.66 bits per heavy atom. The van der Waals surface area contributed by atoms with Crippen molar-refractivity contribution < 1.29 is 14.3 Å². The highest BCUT2D eigenvalue weighted by molar-refractivity contribution is 6.38. The summed E-state index contributed by atoms with van der Waals surface area (Å²) in [5, 5.41) is 15.7. The molecule has 0 aliphatic rings. The van der Waals surface area contributed by atoms with Gasteiger partial charge in [-0.2, -0.15) is 5.26 Å². The van der Waals surface area contributed by atoms with Crippen molar-refractivity contribution in [3.63, 3.8) is 0 Å². The molecule has 0 atom stereocenters. The quantitative estimate of drug-likeness (QED) is 0.291. The summed E-state index contributed by atoms with van der Waals surface area (Å²) in [6.45, 7) is 1.68. The van der Waals surface area contributed by atoms with E-state index in [1.54, 1.807) is 37.4 Å². The van der Waals surface area contributed by atoms with Crippen LogP contribution < -0.4 is 20.3 Å². The van der Waals surface area contributed by atoms with Crippen LogP contribution in [0.2, 0.25) is 10.0 Å². The number of aromatic nitrogens is 1. The number of carbonyl (C=O) groups excluding carboxylic acids is 2. The Morgan fingerprint density at radius 1 is 1.08 bits per heavy atom.